The first-order valence-corrected chi connectivity index (χ1v) is 10.6. The molecule has 0 saturated carbocycles. The number of aromatic nitrogens is 1. The third kappa shape index (κ3) is 4.84. The Hall–Kier alpha value is -2.38. The summed E-state index contributed by atoms with van der Waals surface area (Å²) >= 11 is 0. The number of ether oxygens (including phenoxy) is 1. The van der Waals surface area contributed by atoms with Crippen molar-refractivity contribution < 1.29 is 18.3 Å². The molecular formula is C23H27F2N3O2. The van der Waals surface area contributed by atoms with Crippen LogP contribution in [0.3, 0.4) is 0 Å². The second-order valence-corrected chi connectivity index (χ2v) is 8.09. The van der Waals surface area contributed by atoms with Crippen molar-refractivity contribution in [2.24, 2.45) is 5.92 Å². The Morgan fingerprint density at radius 3 is 2.87 bits per heavy atom. The van der Waals surface area contributed by atoms with Gasteiger partial charge in [-0.3, -0.25) is 14.7 Å². The number of carbonyl (C=O) groups excluding carboxylic acids is 1. The number of nitrogens with zero attached hydrogens (tertiary/aromatic N) is 2. The molecule has 2 aromatic rings. The van der Waals surface area contributed by atoms with E-state index in [1.807, 2.05) is 18.2 Å². The molecule has 4 rings (SSSR count). The summed E-state index contributed by atoms with van der Waals surface area (Å²) in [6, 6.07) is 9.73. The van der Waals surface area contributed by atoms with Crippen molar-refractivity contribution >= 4 is 5.91 Å². The first-order valence-electron chi connectivity index (χ1n) is 10.6. The predicted octanol–water partition coefficient (Wildman–Crippen LogP) is 3.61. The highest BCUT2D eigenvalue weighted by atomic mass is 19.2. The Morgan fingerprint density at radius 2 is 2.10 bits per heavy atom. The van der Waals surface area contributed by atoms with E-state index < -0.39 is 17.7 Å². The molecular weight excluding hydrogens is 388 g/mol. The van der Waals surface area contributed by atoms with Crippen molar-refractivity contribution in [1.29, 1.82) is 0 Å². The minimum absolute atomic E-state index is 0.101. The van der Waals surface area contributed by atoms with Crippen molar-refractivity contribution in [2.45, 2.75) is 44.4 Å². The molecule has 0 bridgehead atoms. The zero-order valence-corrected chi connectivity index (χ0v) is 16.9. The second-order valence-electron chi connectivity index (χ2n) is 8.09. The molecule has 2 saturated heterocycles. The van der Waals surface area contributed by atoms with Crippen LogP contribution in [0.15, 0.2) is 42.6 Å². The van der Waals surface area contributed by atoms with Crippen LogP contribution in [0, 0.1) is 17.6 Å². The fourth-order valence-electron chi connectivity index (χ4n) is 4.44. The summed E-state index contributed by atoms with van der Waals surface area (Å²) in [4.78, 5) is 19.4. The highest BCUT2D eigenvalue weighted by Crippen LogP contribution is 2.30. The molecule has 1 aromatic carbocycles. The fraction of sp³-hybridized carbons (Fsp3) is 0.478. The van der Waals surface area contributed by atoms with Gasteiger partial charge in [-0.25, -0.2) is 8.78 Å². The van der Waals surface area contributed by atoms with E-state index in [0.29, 0.717) is 25.3 Å². The van der Waals surface area contributed by atoms with Gasteiger partial charge in [0.1, 0.15) is 6.10 Å². The molecule has 0 unspecified atom stereocenters. The van der Waals surface area contributed by atoms with Gasteiger partial charge in [0.15, 0.2) is 11.6 Å². The van der Waals surface area contributed by atoms with Gasteiger partial charge < -0.3 is 10.1 Å². The van der Waals surface area contributed by atoms with Gasteiger partial charge in [0.2, 0.25) is 5.91 Å². The number of halogens is 2. The van der Waals surface area contributed by atoms with Crippen LogP contribution in [0.4, 0.5) is 8.78 Å². The molecule has 1 amide bonds. The smallest absolute Gasteiger partial charge is 0.249 e. The topological polar surface area (TPSA) is 54.5 Å². The van der Waals surface area contributed by atoms with Crippen molar-refractivity contribution in [2.75, 3.05) is 19.7 Å². The second kappa shape index (κ2) is 9.62. The van der Waals surface area contributed by atoms with E-state index in [2.05, 4.69) is 15.2 Å². The Labute approximate surface area is 175 Å². The van der Waals surface area contributed by atoms with Gasteiger partial charge in [-0.1, -0.05) is 18.2 Å². The third-order valence-corrected chi connectivity index (χ3v) is 5.97. The average Bonchev–Trinajstić information content (AvgIpc) is 3.31. The molecule has 2 aliphatic heterocycles. The summed E-state index contributed by atoms with van der Waals surface area (Å²) in [5.74, 6) is -1.59. The van der Waals surface area contributed by atoms with E-state index in [-0.39, 0.29) is 17.9 Å². The highest BCUT2D eigenvalue weighted by Gasteiger charge is 2.33. The Bertz CT molecular complexity index is 859. The molecule has 30 heavy (non-hydrogen) atoms. The van der Waals surface area contributed by atoms with Crippen molar-refractivity contribution in [3.8, 4) is 0 Å². The quantitative estimate of drug-likeness (QED) is 0.783. The lowest BCUT2D eigenvalue weighted by Gasteiger charge is -2.37. The number of nitrogens with one attached hydrogen (secondary N) is 1. The summed E-state index contributed by atoms with van der Waals surface area (Å²) in [7, 11) is 0. The molecule has 1 aromatic heterocycles. The zero-order chi connectivity index (χ0) is 20.9. The number of carbonyl (C=O) groups is 1. The lowest BCUT2D eigenvalue weighted by molar-refractivity contribution is -0.131. The van der Waals surface area contributed by atoms with E-state index in [4.69, 9.17) is 4.74 Å². The largest absolute Gasteiger partial charge is 0.368 e. The number of piperidine rings is 1. The van der Waals surface area contributed by atoms with Crippen LogP contribution < -0.4 is 5.32 Å². The van der Waals surface area contributed by atoms with Crippen LogP contribution in [0.2, 0.25) is 0 Å². The van der Waals surface area contributed by atoms with Crippen molar-refractivity contribution in [3.05, 3.63) is 65.5 Å². The average molecular weight is 415 g/mol. The number of likely N-dealkylation sites (tertiary alicyclic amines) is 1. The van der Waals surface area contributed by atoms with E-state index >= 15 is 0 Å². The van der Waals surface area contributed by atoms with Crippen molar-refractivity contribution in [1.82, 2.24) is 15.2 Å². The van der Waals surface area contributed by atoms with Gasteiger partial charge in [0.25, 0.3) is 0 Å². The van der Waals surface area contributed by atoms with Crippen LogP contribution >= 0.6 is 0 Å². The maximum Gasteiger partial charge on any atom is 0.249 e. The lowest BCUT2D eigenvalue weighted by atomic mass is 9.88. The monoisotopic (exact) mass is 415 g/mol. The minimum Gasteiger partial charge on any atom is -0.368 e. The molecule has 5 nitrogen and oxygen atoms in total. The van der Waals surface area contributed by atoms with Crippen LogP contribution in [0.5, 0.6) is 0 Å². The number of amides is 1. The molecule has 0 radical (unpaired) electrons. The van der Waals surface area contributed by atoms with Gasteiger partial charge in [-0.2, -0.15) is 0 Å². The molecule has 3 heterocycles. The highest BCUT2D eigenvalue weighted by molar-refractivity contribution is 5.81. The molecule has 7 heteroatoms. The van der Waals surface area contributed by atoms with Crippen molar-refractivity contribution in [3.63, 3.8) is 0 Å². The molecule has 1 N–H and O–H groups in total. The first kappa shape index (κ1) is 20.9. The molecule has 0 aliphatic carbocycles. The van der Waals surface area contributed by atoms with Crippen LogP contribution in [0.1, 0.15) is 43.0 Å². The summed E-state index contributed by atoms with van der Waals surface area (Å²) in [6.45, 7) is 2.43. The number of hydrogen-bond acceptors (Lipinski definition) is 4. The number of rotatable bonds is 6. The Morgan fingerprint density at radius 1 is 1.20 bits per heavy atom. The molecule has 3 atom stereocenters. The molecule has 0 spiro atoms. The molecule has 2 aliphatic rings. The Kier molecular flexibility index (Phi) is 6.69. The van der Waals surface area contributed by atoms with Crippen LogP contribution in [-0.4, -0.2) is 41.6 Å². The van der Waals surface area contributed by atoms with Gasteiger partial charge in [-0.15, -0.1) is 0 Å². The predicted molar refractivity (Wildman–Crippen MR) is 108 cm³/mol. The molecule has 2 fully saturated rings. The van der Waals surface area contributed by atoms with Crippen LogP contribution in [-0.2, 0) is 16.1 Å². The standard InChI is InChI=1S/C23H27F2N3O2/c24-18-8-3-6-16(21(18)25)14-28-12-4-7-17(15-28)22(19-9-1-2-11-26-19)27-23(29)20-10-5-13-30-20/h1-3,6,8-9,11,17,20,22H,4-5,7,10,12-15H2,(H,27,29)/t17-,20+,22-/m1/s1. The first-order chi connectivity index (χ1) is 14.6. The SMILES string of the molecule is O=C(N[C@@H](c1ccccn1)[C@@H]1CCCN(Cc2cccc(F)c2F)C1)[C@@H]1CCCO1. The van der Waals surface area contributed by atoms with Crippen LogP contribution in [0.25, 0.3) is 0 Å². The van der Waals surface area contributed by atoms with Gasteiger partial charge in [-0.05, 0) is 56.3 Å². The fourth-order valence-corrected chi connectivity index (χ4v) is 4.44. The normalized spacial score (nSPS) is 23.3. The third-order valence-electron chi connectivity index (χ3n) is 5.97. The van der Waals surface area contributed by atoms with E-state index in [9.17, 15) is 13.6 Å². The maximum absolute atomic E-state index is 14.1. The zero-order valence-electron chi connectivity index (χ0n) is 16.9. The van der Waals surface area contributed by atoms with Gasteiger partial charge in [0, 0.05) is 31.5 Å². The van der Waals surface area contributed by atoms with E-state index in [0.717, 1.165) is 44.0 Å². The maximum atomic E-state index is 14.1. The summed E-state index contributed by atoms with van der Waals surface area (Å²) in [6.07, 6.45) is 4.79. The lowest BCUT2D eigenvalue weighted by Crippen LogP contribution is -2.45. The summed E-state index contributed by atoms with van der Waals surface area (Å²) in [5, 5.41) is 3.16. The number of benzene rings is 1. The Balaban J connectivity index is 1.49. The van der Waals surface area contributed by atoms with Gasteiger partial charge in [0.05, 0.1) is 11.7 Å². The van der Waals surface area contributed by atoms with E-state index in [1.54, 1.807) is 12.3 Å². The summed E-state index contributed by atoms with van der Waals surface area (Å²) in [5.41, 5.74) is 1.17. The molecule has 160 valence electrons. The summed E-state index contributed by atoms with van der Waals surface area (Å²) < 4.78 is 33.3. The number of hydrogen-bond donors (Lipinski definition) is 1. The van der Waals surface area contributed by atoms with E-state index in [1.165, 1.54) is 6.07 Å². The minimum atomic E-state index is -0.823. The van der Waals surface area contributed by atoms with Gasteiger partial charge >= 0.3 is 0 Å². The number of pyridine rings is 1.